The van der Waals surface area contributed by atoms with Gasteiger partial charge in [-0.3, -0.25) is 0 Å². The van der Waals surface area contributed by atoms with E-state index in [2.05, 4.69) is 34.1 Å². The van der Waals surface area contributed by atoms with Crippen LogP contribution in [-0.4, -0.2) is 7.11 Å². The van der Waals surface area contributed by atoms with Crippen molar-refractivity contribution in [3.05, 3.63) is 33.8 Å². The maximum Gasteiger partial charge on any atom is 0.120 e. The SMILES string of the molecule is COc1cc(Br)c2c(c1)CCC=C2. The van der Waals surface area contributed by atoms with Gasteiger partial charge < -0.3 is 4.74 Å². The van der Waals surface area contributed by atoms with Crippen molar-refractivity contribution < 1.29 is 4.74 Å². The van der Waals surface area contributed by atoms with Crippen molar-refractivity contribution in [2.45, 2.75) is 12.8 Å². The minimum Gasteiger partial charge on any atom is -0.497 e. The molecular weight excluding hydrogens is 228 g/mol. The first-order valence-corrected chi connectivity index (χ1v) is 5.13. The zero-order chi connectivity index (χ0) is 9.26. The molecule has 68 valence electrons. The number of benzene rings is 1. The van der Waals surface area contributed by atoms with Crippen molar-refractivity contribution in [1.82, 2.24) is 0 Å². The Hall–Kier alpha value is -0.760. The molecule has 0 N–H and O–H groups in total. The average Bonchev–Trinajstić information content (AvgIpc) is 2.18. The predicted molar refractivity (Wildman–Crippen MR) is 58.0 cm³/mol. The number of halogens is 1. The van der Waals surface area contributed by atoms with Crippen LogP contribution in [0.2, 0.25) is 0 Å². The predicted octanol–water partition coefficient (Wildman–Crippen LogP) is 3.42. The molecule has 0 atom stereocenters. The molecular formula is C11H11BrO. The molecule has 2 rings (SSSR count). The molecule has 1 aromatic carbocycles. The molecule has 0 radical (unpaired) electrons. The molecule has 2 heteroatoms. The van der Waals surface area contributed by atoms with E-state index in [9.17, 15) is 0 Å². The summed E-state index contributed by atoms with van der Waals surface area (Å²) < 4.78 is 6.33. The highest BCUT2D eigenvalue weighted by Crippen LogP contribution is 2.31. The van der Waals surface area contributed by atoms with E-state index in [4.69, 9.17) is 4.74 Å². The fourth-order valence-electron chi connectivity index (χ4n) is 1.60. The number of hydrogen-bond donors (Lipinski definition) is 0. The Labute approximate surface area is 86.5 Å². The monoisotopic (exact) mass is 238 g/mol. The molecule has 0 spiro atoms. The maximum absolute atomic E-state index is 5.21. The first kappa shape index (κ1) is 8.82. The minimum absolute atomic E-state index is 0.931. The molecule has 1 aliphatic rings. The Morgan fingerprint density at radius 2 is 2.23 bits per heavy atom. The fourth-order valence-corrected chi connectivity index (χ4v) is 2.21. The fraction of sp³-hybridized carbons (Fsp3) is 0.273. The van der Waals surface area contributed by atoms with Crippen LogP contribution in [0.25, 0.3) is 6.08 Å². The molecule has 0 saturated heterocycles. The normalized spacial score (nSPS) is 14.0. The molecule has 0 unspecified atom stereocenters. The lowest BCUT2D eigenvalue weighted by Gasteiger charge is -2.13. The summed E-state index contributed by atoms with van der Waals surface area (Å²) in [4.78, 5) is 0. The molecule has 0 fully saturated rings. The Morgan fingerprint density at radius 3 is 3.00 bits per heavy atom. The molecule has 0 heterocycles. The Balaban J connectivity index is 2.54. The maximum atomic E-state index is 5.21. The van der Waals surface area contributed by atoms with Crippen LogP contribution in [0.1, 0.15) is 17.5 Å². The Bertz CT molecular complexity index is 355. The number of hydrogen-bond acceptors (Lipinski definition) is 1. The zero-order valence-electron chi connectivity index (χ0n) is 7.51. The summed E-state index contributed by atoms with van der Waals surface area (Å²) in [5.74, 6) is 0.931. The van der Waals surface area contributed by atoms with Crippen LogP contribution in [-0.2, 0) is 6.42 Å². The van der Waals surface area contributed by atoms with Crippen LogP contribution < -0.4 is 4.74 Å². The van der Waals surface area contributed by atoms with Crippen LogP contribution in [0.15, 0.2) is 22.7 Å². The van der Waals surface area contributed by atoms with Gasteiger partial charge in [0.05, 0.1) is 7.11 Å². The van der Waals surface area contributed by atoms with Gasteiger partial charge in [-0.2, -0.15) is 0 Å². The second kappa shape index (κ2) is 3.54. The highest BCUT2D eigenvalue weighted by Gasteiger charge is 2.09. The molecule has 1 nitrogen and oxygen atoms in total. The van der Waals surface area contributed by atoms with Gasteiger partial charge in [-0.05, 0) is 36.1 Å². The highest BCUT2D eigenvalue weighted by atomic mass is 79.9. The van der Waals surface area contributed by atoms with Gasteiger partial charge in [0, 0.05) is 4.47 Å². The molecule has 1 aliphatic carbocycles. The summed E-state index contributed by atoms with van der Waals surface area (Å²) in [6, 6.07) is 4.12. The Morgan fingerprint density at radius 1 is 1.38 bits per heavy atom. The summed E-state index contributed by atoms with van der Waals surface area (Å²) >= 11 is 3.54. The summed E-state index contributed by atoms with van der Waals surface area (Å²) in [5, 5.41) is 0. The third-order valence-electron chi connectivity index (χ3n) is 2.29. The van der Waals surface area contributed by atoms with E-state index < -0.39 is 0 Å². The van der Waals surface area contributed by atoms with Gasteiger partial charge >= 0.3 is 0 Å². The number of methoxy groups -OCH3 is 1. The number of rotatable bonds is 1. The quantitative estimate of drug-likeness (QED) is 0.729. The third-order valence-corrected chi connectivity index (χ3v) is 2.95. The highest BCUT2D eigenvalue weighted by molar-refractivity contribution is 9.10. The topological polar surface area (TPSA) is 9.23 Å². The van der Waals surface area contributed by atoms with Gasteiger partial charge in [-0.15, -0.1) is 0 Å². The van der Waals surface area contributed by atoms with Crippen LogP contribution in [0.3, 0.4) is 0 Å². The minimum atomic E-state index is 0.931. The first-order valence-electron chi connectivity index (χ1n) is 4.34. The van der Waals surface area contributed by atoms with Crippen molar-refractivity contribution in [3.8, 4) is 5.75 Å². The molecule has 0 bridgehead atoms. The molecule has 13 heavy (non-hydrogen) atoms. The molecule has 0 aromatic heterocycles. The lowest BCUT2D eigenvalue weighted by Crippen LogP contribution is -1.96. The molecule has 0 saturated carbocycles. The van der Waals surface area contributed by atoms with E-state index in [0.29, 0.717) is 0 Å². The van der Waals surface area contributed by atoms with Crippen molar-refractivity contribution in [3.63, 3.8) is 0 Å². The van der Waals surface area contributed by atoms with Gasteiger partial charge in [-0.1, -0.05) is 28.1 Å². The average molecular weight is 239 g/mol. The second-order valence-electron chi connectivity index (χ2n) is 3.12. The first-order chi connectivity index (χ1) is 6.31. The van der Waals surface area contributed by atoms with Gasteiger partial charge in [0.2, 0.25) is 0 Å². The molecule has 0 aliphatic heterocycles. The number of aryl methyl sites for hydroxylation is 1. The summed E-state index contributed by atoms with van der Waals surface area (Å²) in [7, 11) is 1.70. The summed E-state index contributed by atoms with van der Waals surface area (Å²) in [6.45, 7) is 0. The summed E-state index contributed by atoms with van der Waals surface area (Å²) in [6.07, 6.45) is 6.62. The molecule has 1 aromatic rings. The van der Waals surface area contributed by atoms with E-state index in [-0.39, 0.29) is 0 Å². The van der Waals surface area contributed by atoms with Crippen LogP contribution >= 0.6 is 15.9 Å². The number of ether oxygens (including phenoxy) is 1. The van der Waals surface area contributed by atoms with E-state index in [1.807, 2.05) is 6.07 Å². The number of fused-ring (bicyclic) bond motifs is 1. The van der Waals surface area contributed by atoms with E-state index in [1.165, 1.54) is 11.1 Å². The Kier molecular flexibility index (Phi) is 2.40. The van der Waals surface area contributed by atoms with Crippen LogP contribution in [0.4, 0.5) is 0 Å². The standard InChI is InChI=1S/C11H11BrO/c1-13-9-6-8-4-2-3-5-10(8)11(12)7-9/h3,5-7H,2,4H2,1H3. The second-order valence-corrected chi connectivity index (χ2v) is 3.98. The smallest absolute Gasteiger partial charge is 0.120 e. The van der Waals surface area contributed by atoms with Crippen molar-refractivity contribution >= 4 is 22.0 Å². The van der Waals surface area contributed by atoms with Crippen molar-refractivity contribution in [2.24, 2.45) is 0 Å². The molecule has 0 amide bonds. The van der Waals surface area contributed by atoms with E-state index in [1.54, 1.807) is 7.11 Å². The lowest BCUT2D eigenvalue weighted by molar-refractivity contribution is 0.414. The third kappa shape index (κ3) is 1.63. The van der Waals surface area contributed by atoms with Crippen molar-refractivity contribution in [2.75, 3.05) is 7.11 Å². The van der Waals surface area contributed by atoms with E-state index >= 15 is 0 Å². The number of allylic oxidation sites excluding steroid dienone is 1. The van der Waals surface area contributed by atoms with Crippen LogP contribution in [0.5, 0.6) is 5.75 Å². The van der Waals surface area contributed by atoms with Gasteiger partial charge in [0.1, 0.15) is 5.75 Å². The van der Waals surface area contributed by atoms with Crippen LogP contribution in [0, 0.1) is 0 Å². The van der Waals surface area contributed by atoms with E-state index in [0.717, 1.165) is 23.1 Å². The zero-order valence-corrected chi connectivity index (χ0v) is 9.10. The van der Waals surface area contributed by atoms with Gasteiger partial charge in [0.15, 0.2) is 0 Å². The van der Waals surface area contributed by atoms with Crippen molar-refractivity contribution in [1.29, 1.82) is 0 Å². The largest absolute Gasteiger partial charge is 0.497 e. The summed E-state index contributed by atoms with van der Waals surface area (Å²) in [5.41, 5.74) is 2.67. The van der Waals surface area contributed by atoms with Gasteiger partial charge in [0.25, 0.3) is 0 Å². The van der Waals surface area contributed by atoms with Gasteiger partial charge in [-0.25, -0.2) is 0 Å². The lowest BCUT2D eigenvalue weighted by atomic mass is 9.97.